The van der Waals surface area contributed by atoms with Crippen molar-refractivity contribution in [3.63, 3.8) is 0 Å². The van der Waals surface area contributed by atoms with E-state index in [1.807, 2.05) is 26.8 Å². The molecule has 1 amide bonds. The Bertz CT molecular complexity index is 1140. The lowest BCUT2D eigenvalue weighted by Gasteiger charge is -2.39. The average Bonchev–Trinajstić information content (AvgIpc) is 3.41. The van der Waals surface area contributed by atoms with Gasteiger partial charge in [-0.15, -0.1) is 0 Å². The van der Waals surface area contributed by atoms with Crippen LogP contribution in [-0.4, -0.2) is 64.2 Å². The number of nitrogens with zero attached hydrogens (tertiary/aromatic N) is 4. The van der Waals surface area contributed by atoms with Gasteiger partial charge in [0.1, 0.15) is 21.8 Å². The van der Waals surface area contributed by atoms with Gasteiger partial charge < -0.3 is 14.4 Å². The summed E-state index contributed by atoms with van der Waals surface area (Å²) < 4.78 is 13.8. The van der Waals surface area contributed by atoms with Crippen LogP contribution in [0, 0.1) is 18.3 Å². The molecule has 8 nitrogen and oxygen atoms in total. The van der Waals surface area contributed by atoms with E-state index >= 15 is 0 Å². The Morgan fingerprint density at radius 2 is 1.97 bits per heavy atom. The second-order valence-electron chi connectivity index (χ2n) is 9.40. The zero-order valence-electron chi connectivity index (χ0n) is 20.7. The Labute approximate surface area is 215 Å². The topological polar surface area (TPSA) is 87.8 Å². The first-order chi connectivity index (χ1) is 16.7. The molecule has 10 heteroatoms. The smallest absolute Gasteiger partial charge is 0.270 e. The highest BCUT2D eigenvalue weighted by Crippen LogP contribution is 2.37. The molecule has 0 bridgehead atoms. The van der Waals surface area contributed by atoms with Crippen LogP contribution in [0.1, 0.15) is 56.7 Å². The van der Waals surface area contributed by atoms with Gasteiger partial charge in [0.2, 0.25) is 0 Å². The van der Waals surface area contributed by atoms with Gasteiger partial charge in [-0.2, -0.15) is 5.26 Å². The Hall–Kier alpha value is -2.19. The van der Waals surface area contributed by atoms with E-state index in [-0.39, 0.29) is 35.3 Å². The molecule has 0 aromatic carbocycles. The van der Waals surface area contributed by atoms with E-state index in [0.717, 1.165) is 25.1 Å². The molecule has 3 atom stereocenters. The number of morpholine rings is 1. The fraction of sp³-hybridized carbons (Fsp3) is 0.600. The monoisotopic (exact) mass is 516 g/mol. The summed E-state index contributed by atoms with van der Waals surface area (Å²) in [5.74, 6) is 0.580. The zero-order chi connectivity index (χ0) is 25.3. The first kappa shape index (κ1) is 25.9. The summed E-state index contributed by atoms with van der Waals surface area (Å²) in [7, 11) is 0. The van der Waals surface area contributed by atoms with E-state index in [9.17, 15) is 14.9 Å². The highest BCUT2D eigenvalue weighted by atomic mass is 32.2. The highest BCUT2D eigenvalue weighted by Gasteiger charge is 2.36. The number of amides is 1. The van der Waals surface area contributed by atoms with Crippen LogP contribution in [0.5, 0.6) is 0 Å². The number of nitriles is 1. The van der Waals surface area contributed by atoms with Gasteiger partial charge in [-0.1, -0.05) is 30.9 Å². The molecule has 3 aliphatic rings. The van der Waals surface area contributed by atoms with Gasteiger partial charge in [-0.25, -0.2) is 0 Å². The van der Waals surface area contributed by atoms with Crippen molar-refractivity contribution in [3.05, 3.63) is 31.9 Å². The molecule has 3 aliphatic heterocycles. The van der Waals surface area contributed by atoms with Crippen LogP contribution in [0.3, 0.4) is 0 Å². The maximum atomic E-state index is 13.4. The number of carbonyl (C=O) groups is 1. The summed E-state index contributed by atoms with van der Waals surface area (Å²) in [6.45, 7) is 10.7. The molecule has 4 rings (SSSR count). The van der Waals surface area contributed by atoms with Gasteiger partial charge in [-0.3, -0.25) is 19.1 Å². The second-order valence-corrected chi connectivity index (χ2v) is 11.1. The maximum Gasteiger partial charge on any atom is 0.270 e. The van der Waals surface area contributed by atoms with Crippen LogP contribution < -0.4 is 10.5 Å². The molecule has 35 heavy (non-hydrogen) atoms. The molecule has 1 aromatic heterocycles. The van der Waals surface area contributed by atoms with Gasteiger partial charge in [-0.05, 0) is 51.7 Å². The van der Waals surface area contributed by atoms with Crippen molar-refractivity contribution in [1.82, 2.24) is 9.47 Å². The van der Waals surface area contributed by atoms with Gasteiger partial charge >= 0.3 is 0 Å². The molecule has 0 spiro atoms. The number of carbonyl (C=O) groups excluding carboxylic acids is 1. The lowest BCUT2D eigenvalue weighted by atomic mass is 10.0. The van der Waals surface area contributed by atoms with Gasteiger partial charge in [0, 0.05) is 31.8 Å². The van der Waals surface area contributed by atoms with E-state index in [1.54, 1.807) is 16.4 Å². The number of rotatable bonds is 6. The largest absolute Gasteiger partial charge is 0.376 e. The van der Waals surface area contributed by atoms with E-state index in [0.29, 0.717) is 53.1 Å². The number of pyridine rings is 1. The van der Waals surface area contributed by atoms with Crippen LogP contribution in [0.4, 0.5) is 5.82 Å². The summed E-state index contributed by atoms with van der Waals surface area (Å²) in [6, 6.07) is 2.10. The third-order valence-electron chi connectivity index (χ3n) is 6.57. The van der Waals surface area contributed by atoms with Crippen LogP contribution >= 0.6 is 24.0 Å². The van der Waals surface area contributed by atoms with E-state index in [1.165, 1.54) is 11.8 Å². The quantitative estimate of drug-likeness (QED) is 0.420. The van der Waals surface area contributed by atoms with Crippen molar-refractivity contribution in [2.24, 2.45) is 0 Å². The molecule has 3 saturated heterocycles. The lowest BCUT2D eigenvalue weighted by Crippen LogP contribution is -2.48. The molecular formula is C25H32N4O4S2. The minimum atomic E-state index is -0.295. The molecule has 188 valence electrons. The summed E-state index contributed by atoms with van der Waals surface area (Å²) in [4.78, 5) is 31.0. The average molecular weight is 517 g/mol. The number of aromatic nitrogens is 1. The normalized spacial score (nSPS) is 26.1. The highest BCUT2D eigenvalue weighted by molar-refractivity contribution is 8.26. The first-order valence-corrected chi connectivity index (χ1v) is 13.4. The standard InChI is InChI=1S/C25H32N4O4S2/c1-5-8-28-22(27-12-15(2)33-16(3)13-27)19(17(4)20(11-26)23(28)30)10-21-24(31)29(25(34)35-21)14-18-7-6-9-32-18/h10,15-16,18H,5-9,12-14H2,1-4H3/b21-10-. The minimum absolute atomic E-state index is 0.00197. The molecular weight excluding hydrogens is 484 g/mol. The molecule has 0 saturated carbocycles. The van der Waals surface area contributed by atoms with Crippen molar-refractivity contribution in [1.29, 1.82) is 5.26 Å². The van der Waals surface area contributed by atoms with Crippen molar-refractivity contribution < 1.29 is 14.3 Å². The molecule has 4 heterocycles. The number of anilines is 1. The molecule has 0 aliphatic carbocycles. The van der Waals surface area contributed by atoms with Gasteiger partial charge in [0.15, 0.2) is 0 Å². The van der Waals surface area contributed by atoms with E-state index in [2.05, 4.69) is 11.0 Å². The summed E-state index contributed by atoms with van der Waals surface area (Å²) in [5.41, 5.74) is 1.11. The number of thioether (sulfide) groups is 1. The number of ether oxygens (including phenoxy) is 2. The predicted octanol–water partition coefficient (Wildman–Crippen LogP) is 3.43. The maximum absolute atomic E-state index is 13.4. The van der Waals surface area contributed by atoms with Crippen LogP contribution in [0.15, 0.2) is 9.70 Å². The summed E-state index contributed by atoms with van der Waals surface area (Å²) in [5, 5.41) is 9.83. The minimum Gasteiger partial charge on any atom is -0.376 e. The summed E-state index contributed by atoms with van der Waals surface area (Å²) >= 11 is 6.80. The fourth-order valence-electron chi connectivity index (χ4n) is 5.05. The molecule has 0 radical (unpaired) electrons. The fourth-order valence-corrected chi connectivity index (χ4v) is 6.30. The number of hydrogen-bond donors (Lipinski definition) is 0. The van der Waals surface area contributed by atoms with Crippen molar-refractivity contribution in [2.75, 3.05) is 31.1 Å². The Kier molecular flexibility index (Phi) is 8.01. The molecule has 1 aromatic rings. The SMILES string of the molecule is CCCn1c(N2CC(C)OC(C)C2)c(/C=C2\SC(=S)N(CC3CCCO3)C2=O)c(C)c(C#N)c1=O. The third kappa shape index (κ3) is 5.19. The van der Waals surface area contributed by atoms with Gasteiger partial charge in [0.25, 0.3) is 11.5 Å². The van der Waals surface area contributed by atoms with Crippen molar-refractivity contribution >= 4 is 46.1 Å². The third-order valence-corrected chi connectivity index (χ3v) is 7.95. The molecule has 3 unspecified atom stereocenters. The van der Waals surface area contributed by atoms with Crippen LogP contribution in [0.2, 0.25) is 0 Å². The first-order valence-electron chi connectivity index (χ1n) is 12.2. The number of hydrogen-bond acceptors (Lipinski definition) is 8. The second kappa shape index (κ2) is 10.8. The lowest BCUT2D eigenvalue weighted by molar-refractivity contribution is -0.123. The number of thiocarbonyl (C=S) groups is 1. The van der Waals surface area contributed by atoms with Gasteiger partial charge in [0.05, 0.1) is 29.8 Å². The Morgan fingerprint density at radius 3 is 2.57 bits per heavy atom. The summed E-state index contributed by atoms with van der Waals surface area (Å²) in [6.07, 6.45) is 4.43. The van der Waals surface area contributed by atoms with Crippen molar-refractivity contribution in [3.8, 4) is 6.07 Å². The van der Waals surface area contributed by atoms with Crippen LogP contribution in [-0.2, 0) is 20.8 Å². The van der Waals surface area contributed by atoms with E-state index < -0.39 is 0 Å². The molecule has 3 fully saturated rings. The predicted molar refractivity (Wildman–Crippen MR) is 142 cm³/mol. The van der Waals surface area contributed by atoms with Crippen molar-refractivity contribution in [2.45, 2.75) is 71.8 Å². The zero-order valence-corrected chi connectivity index (χ0v) is 22.3. The Morgan fingerprint density at radius 1 is 1.26 bits per heavy atom. The molecule has 0 N–H and O–H groups in total. The van der Waals surface area contributed by atoms with Crippen LogP contribution in [0.25, 0.3) is 6.08 Å². The van der Waals surface area contributed by atoms with E-state index in [4.69, 9.17) is 21.7 Å². The Balaban J connectivity index is 1.83.